The van der Waals surface area contributed by atoms with E-state index in [9.17, 15) is 4.79 Å². The van der Waals surface area contributed by atoms with Crippen molar-refractivity contribution in [3.8, 4) is 5.88 Å². The summed E-state index contributed by atoms with van der Waals surface area (Å²) in [6.07, 6.45) is 3.88. The van der Waals surface area contributed by atoms with Crippen molar-refractivity contribution < 1.29 is 9.53 Å². The smallest absolute Gasteiger partial charge is 0.269 e. The van der Waals surface area contributed by atoms with Crippen LogP contribution < -0.4 is 19.9 Å². The van der Waals surface area contributed by atoms with Crippen LogP contribution in [-0.4, -0.2) is 80.2 Å². The molecule has 0 radical (unpaired) electrons. The molecule has 1 atom stereocenters. The minimum atomic E-state index is -0.154. The minimum absolute atomic E-state index is 0.154. The average Bonchev–Trinajstić information content (AvgIpc) is 3.33. The second-order valence-corrected chi connectivity index (χ2v) is 8.08. The van der Waals surface area contributed by atoms with E-state index in [1.165, 1.54) is 0 Å². The van der Waals surface area contributed by atoms with Crippen molar-refractivity contribution in [3.05, 3.63) is 41.7 Å². The first-order valence-electron chi connectivity index (χ1n) is 11.1. The number of methoxy groups -OCH3 is 1. The number of pyridine rings is 2. The number of nitrogens with zero attached hydrogens (tertiary/aromatic N) is 5. The Labute approximate surface area is 184 Å². The molecule has 0 spiro atoms. The zero-order valence-corrected chi connectivity index (χ0v) is 18.7. The normalized spacial score (nSPS) is 19.5. The maximum Gasteiger partial charge on any atom is 0.269 e. The molecule has 8 heteroatoms. The summed E-state index contributed by atoms with van der Waals surface area (Å²) in [7, 11) is 3.31. The van der Waals surface area contributed by atoms with Gasteiger partial charge in [0.1, 0.15) is 11.5 Å². The maximum absolute atomic E-state index is 11.7. The highest BCUT2D eigenvalue weighted by Crippen LogP contribution is 2.27. The number of anilines is 2. The van der Waals surface area contributed by atoms with E-state index in [-0.39, 0.29) is 5.91 Å². The van der Waals surface area contributed by atoms with Crippen molar-refractivity contribution in [2.75, 3.05) is 63.2 Å². The van der Waals surface area contributed by atoms with E-state index in [1.807, 2.05) is 6.07 Å². The van der Waals surface area contributed by atoms with Crippen LogP contribution in [0.2, 0.25) is 0 Å². The summed E-state index contributed by atoms with van der Waals surface area (Å²) in [6.45, 7) is 8.14. The van der Waals surface area contributed by atoms with Crippen molar-refractivity contribution in [1.29, 1.82) is 0 Å². The summed E-state index contributed by atoms with van der Waals surface area (Å²) in [5.74, 6) is 1.60. The van der Waals surface area contributed by atoms with Crippen LogP contribution in [0.15, 0.2) is 30.5 Å². The Morgan fingerprint density at radius 1 is 1.13 bits per heavy atom. The number of aromatic nitrogens is 2. The summed E-state index contributed by atoms with van der Waals surface area (Å²) in [5.41, 5.74) is 2.68. The SMILES string of the molecule is CCc1ccc(N2CCC(N3CCN(c4ccc(C(=O)NC)nc4)CC3)C2)nc1OC. The van der Waals surface area contributed by atoms with Gasteiger partial charge in [0.25, 0.3) is 5.91 Å². The minimum Gasteiger partial charge on any atom is -0.481 e. The molecule has 2 aliphatic rings. The topological polar surface area (TPSA) is 73.8 Å². The third-order valence-electron chi connectivity index (χ3n) is 6.39. The van der Waals surface area contributed by atoms with Gasteiger partial charge in [-0.2, -0.15) is 4.98 Å². The molecule has 4 rings (SSSR count). The van der Waals surface area contributed by atoms with Crippen LogP contribution >= 0.6 is 0 Å². The van der Waals surface area contributed by atoms with Crippen LogP contribution in [0.4, 0.5) is 11.5 Å². The lowest BCUT2D eigenvalue weighted by molar-refractivity contribution is 0.0958. The van der Waals surface area contributed by atoms with Gasteiger partial charge in [-0.1, -0.05) is 6.92 Å². The molecule has 2 aliphatic heterocycles. The van der Waals surface area contributed by atoms with Gasteiger partial charge in [0.15, 0.2) is 0 Å². The van der Waals surface area contributed by atoms with Crippen LogP contribution in [-0.2, 0) is 6.42 Å². The van der Waals surface area contributed by atoms with E-state index < -0.39 is 0 Å². The fourth-order valence-electron chi connectivity index (χ4n) is 4.51. The van der Waals surface area contributed by atoms with Gasteiger partial charge in [-0.3, -0.25) is 9.69 Å². The van der Waals surface area contributed by atoms with E-state index in [0.717, 1.165) is 75.1 Å². The molecule has 4 heterocycles. The number of nitrogens with one attached hydrogen (secondary N) is 1. The van der Waals surface area contributed by atoms with Crippen LogP contribution in [0.3, 0.4) is 0 Å². The molecule has 0 aromatic carbocycles. The van der Waals surface area contributed by atoms with Gasteiger partial charge in [-0.05, 0) is 37.1 Å². The highest BCUT2D eigenvalue weighted by Gasteiger charge is 2.31. The molecular weight excluding hydrogens is 392 g/mol. The first kappa shape index (κ1) is 21.4. The van der Waals surface area contributed by atoms with Crippen molar-refractivity contribution in [2.24, 2.45) is 0 Å². The molecule has 1 unspecified atom stereocenters. The van der Waals surface area contributed by atoms with Crippen LogP contribution in [0.1, 0.15) is 29.4 Å². The second kappa shape index (κ2) is 9.51. The predicted octanol–water partition coefficient (Wildman–Crippen LogP) is 1.81. The first-order valence-corrected chi connectivity index (χ1v) is 11.1. The number of rotatable bonds is 6. The molecule has 31 heavy (non-hydrogen) atoms. The van der Waals surface area contributed by atoms with E-state index >= 15 is 0 Å². The molecule has 0 bridgehead atoms. The Kier molecular flexibility index (Phi) is 6.56. The van der Waals surface area contributed by atoms with Crippen LogP contribution in [0.25, 0.3) is 0 Å². The Morgan fingerprint density at radius 3 is 2.58 bits per heavy atom. The van der Waals surface area contributed by atoms with Crippen molar-refractivity contribution in [3.63, 3.8) is 0 Å². The monoisotopic (exact) mass is 424 g/mol. The average molecular weight is 425 g/mol. The van der Waals surface area contributed by atoms with Gasteiger partial charge in [-0.15, -0.1) is 0 Å². The summed E-state index contributed by atoms with van der Waals surface area (Å²) >= 11 is 0. The maximum atomic E-state index is 11.7. The molecule has 2 fully saturated rings. The molecular formula is C23H32N6O2. The highest BCUT2D eigenvalue weighted by molar-refractivity contribution is 5.92. The van der Waals surface area contributed by atoms with Gasteiger partial charge in [0, 0.05) is 57.9 Å². The summed E-state index contributed by atoms with van der Waals surface area (Å²) in [4.78, 5) is 28.0. The van der Waals surface area contributed by atoms with Crippen molar-refractivity contribution in [2.45, 2.75) is 25.8 Å². The highest BCUT2D eigenvalue weighted by atomic mass is 16.5. The second-order valence-electron chi connectivity index (χ2n) is 8.08. The van der Waals surface area contributed by atoms with E-state index in [0.29, 0.717) is 11.7 Å². The van der Waals surface area contributed by atoms with Crippen LogP contribution in [0, 0.1) is 0 Å². The standard InChI is InChI=1S/C23H32N6O2/c1-4-17-5-8-21(26-23(17)31-3)29-10-9-19(16-29)28-13-11-27(12-14-28)18-6-7-20(25-15-18)22(30)24-2/h5-8,15,19H,4,9-14,16H2,1-3H3,(H,24,30). The zero-order chi connectivity index (χ0) is 21.8. The van der Waals surface area contributed by atoms with E-state index in [4.69, 9.17) is 9.72 Å². The van der Waals surface area contributed by atoms with Crippen molar-refractivity contribution in [1.82, 2.24) is 20.2 Å². The Balaban J connectivity index is 1.32. The van der Waals surface area contributed by atoms with Gasteiger partial charge in [0.2, 0.25) is 5.88 Å². The lowest BCUT2D eigenvalue weighted by Gasteiger charge is -2.39. The number of ether oxygens (including phenoxy) is 1. The van der Waals surface area contributed by atoms with E-state index in [1.54, 1.807) is 26.4 Å². The Morgan fingerprint density at radius 2 is 1.94 bits per heavy atom. The van der Waals surface area contributed by atoms with Crippen molar-refractivity contribution >= 4 is 17.4 Å². The zero-order valence-electron chi connectivity index (χ0n) is 18.7. The molecule has 1 amide bonds. The lowest BCUT2D eigenvalue weighted by Crippen LogP contribution is -2.51. The number of aryl methyl sites for hydroxylation is 1. The Hall–Kier alpha value is -2.87. The number of piperazine rings is 1. The van der Waals surface area contributed by atoms with E-state index in [2.05, 4.69) is 44.1 Å². The fourth-order valence-corrected chi connectivity index (χ4v) is 4.51. The molecule has 1 N–H and O–H groups in total. The van der Waals surface area contributed by atoms with Gasteiger partial charge >= 0.3 is 0 Å². The molecule has 0 aliphatic carbocycles. The third-order valence-corrected chi connectivity index (χ3v) is 6.39. The number of amides is 1. The summed E-state index contributed by atoms with van der Waals surface area (Å²) < 4.78 is 5.48. The molecule has 2 aromatic heterocycles. The van der Waals surface area contributed by atoms with Gasteiger partial charge in [-0.25, -0.2) is 4.98 Å². The molecule has 2 aromatic rings. The lowest BCUT2D eigenvalue weighted by atomic mass is 10.2. The molecule has 8 nitrogen and oxygen atoms in total. The number of carbonyl (C=O) groups excluding carboxylic acids is 1. The first-order chi connectivity index (χ1) is 15.1. The predicted molar refractivity (Wildman–Crippen MR) is 122 cm³/mol. The number of hydrogen-bond acceptors (Lipinski definition) is 7. The number of hydrogen-bond donors (Lipinski definition) is 1. The summed E-state index contributed by atoms with van der Waals surface area (Å²) in [5, 5.41) is 2.61. The summed E-state index contributed by atoms with van der Waals surface area (Å²) in [6, 6.07) is 8.59. The third kappa shape index (κ3) is 4.58. The quantitative estimate of drug-likeness (QED) is 0.758. The molecule has 2 saturated heterocycles. The largest absolute Gasteiger partial charge is 0.481 e. The number of carbonyl (C=O) groups is 1. The Bertz CT molecular complexity index is 895. The fraction of sp³-hybridized carbons (Fsp3) is 0.522. The van der Waals surface area contributed by atoms with Gasteiger partial charge in [0.05, 0.1) is 19.0 Å². The van der Waals surface area contributed by atoms with Gasteiger partial charge < -0.3 is 19.9 Å². The molecule has 0 saturated carbocycles. The van der Waals surface area contributed by atoms with Crippen LogP contribution in [0.5, 0.6) is 5.88 Å². The molecule has 166 valence electrons.